The van der Waals surface area contributed by atoms with Crippen LogP contribution in [-0.4, -0.2) is 21.5 Å². The van der Waals surface area contributed by atoms with Crippen LogP contribution in [0.1, 0.15) is 35.3 Å². The minimum atomic E-state index is -0.213. The monoisotopic (exact) mass is 366 g/mol. The Morgan fingerprint density at radius 3 is 2.36 bits per heavy atom. The summed E-state index contributed by atoms with van der Waals surface area (Å²) in [4.78, 5) is 26.6. The molecule has 1 N–H and O–H groups in total. The van der Waals surface area contributed by atoms with Crippen molar-refractivity contribution < 1.29 is 4.79 Å². The van der Waals surface area contributed by atoms with Gasteiger partial charge in [-0.15, -0.1) is 0 Å². The molecule has 2 aliphatic rings. The first-order valence-electron chi connectivity index (χ1n) is 9.18. The molecule has 136 valence electrons. The lowest BCUT2D eigenvalue weighted by Gasteiger charge is -2.20. The molecule has 0 atom stereocenters. The minimum Gasteiger partial charge on any atom is -0.357 e. The fourth-order valence-electron chi connectivity index (χ4n) is 3.85. The van der Waals surface area contributed by atoms with Crippen molar-refractivity contribution in [3.63, 3.8) is 0 Å². The van der Waals surface area contributed by atoms with Gasteiger partial charge in [0.1, 0.15) is 11.4 Å². The first-order chi connectivity index (χ1) is 13.6. The van der Waals surface area contributed by atoms with E-state index in [0.29, 0.717) is 28.2 Å². The second-order valence-electron chi connectivity index (χ2n) is 7.44. The molecule has 1 aromatic carbocycles. The highest BCUT2D eigenvalue weighted by atomic mass is 16.1. The van der Waals surface area contributed by atoms with Crippen LogP contribution in [0.5, 0.6) is 0 Å². The smallest absolute Gasteiger partial charge is 0.214 e. The summed E-state index contributed by atoms with van der Waals surface area (Å²) in [5.41, 5.74) is 5.98. The van der Waals surface area contributed by atoms with Gasteiger partial charge in [-0.3, -0.25) is 19.8 Å². The van der Waals surface area contributed by atoms with Gasteiger partial charge >= 0.3 is 0 Å². The number of aromatic nitrogens is 2. The summed E-state index contributed by atoms with van der Waals surface area (Å²) < 4.78 is 0. The van der Waals surface area contributed by atoms with Gasteiger partial charge in [-0.2, -0.15) is 0 Å². The maximum absolute atomic E-state index is 13.1. The van der Waals surface area contributed by atoms with E-state index in [-0.39, 0.29) is 11.2 Å². The fourth-order valence-corrected chi connectivity index (χ4v) is 3.85. The van der Waals surface area contributed by atoms with E-state index in [1.807, 2.05) is 24.3 Å². The molecule has 5 rings (SSSR count). The number of Topliss-reactive ketones (excluding diaryl/α,β-unsaturated/α-hetero) is 1. The van der Waals surface area contributed by atoms with Gasteiger partial charge in [-0.05, 0) is 35.9 Å². The summed E-state index contributed by atoms with van der Waals surface area (Å²) in [6.07, 6.45) is 5.16. The summed E-state index contributed by atoms with van der Waals surface area (Å²) in [5, 5.41) is 3.44. The van der Waals surface area contributed by atoms with Crippen molar-refractivity contribution in [2.75, 3.05) is 5.32 Å². The average molecular weight is 366 g/mol. The Balaban J connectivity index is 1.64. The highest BCUT2D eigenvalue weighted by molar-refractivity contribution is 6.54. The van der Waals surface area contributed by atoms with Gasteiger partial charge in [0.2, 0.25) is 5.78 Å². The molecule has 5 heteroatoms. The summed E-state index contributed by atoms with van der Waals surface area (Å²) >= 11 is 0. The molecule has 0 fully saturated rings. The summed E-state index contributed by atoms with van der Waals surface area (Å²) in [6.45, 7) is 4.30. The number of nitrogens with one attached hydrogen (secondary N) is 1. The van der Waals surface area contributed by atoms with E-state index in [1.165, 1.54) is 5.56 Å². The lowest BCUT2D eigenvalue weighted by atomic mass is 9.84. The van der Waals surface area contributed by atoms with Crippen LogP contribution in [0.4, 0.5) is 5.69 Å². The molecule has 0 saturated carbocycles. The summed E-state index contributed by atoms with van der Waals surface area (Å²) in [7, 11) is 0. The van der Waals surface area contributed by atoms with E-state index in [1.54, 1.807) is 30.7 Å². The molecule has 0 amide bonds. The Kier molecular flexibility index (Phi) is 3.52. The molecule has 3 heterocycles. The number of rotatable bonds is 1. The zero-order valence-electron chi connectivity index (χ0n) is 15.6. The Labute approximate surface area is 162 Å². The maximum atomic E-state index is 13.1. The van der Waals surface area contributed by atoms with Gasteiger partial charge in [0, 0.05) is 41.0 Å². The van der Waals surface area contributed by atoms with Crippen LogP contribution in [0.15, 0.2) is 77.8 Å². The Bertz CT molecular complexity index is 1190. The molecule has 1 aliphatic heterocycles. The quantitative estimate of drug-likeness (QED) is 0.694. The highest BCUT2D eigenvalue weighted by Crippen LogP contribution is 2.43. The van der Waals surface area contributed by atoms with Gasteiger partial charge < -0.3 is 5.32 Å². The van der Waals surface area contributed by atoms with Crippen LogP contribution < -0.4 is 5.32 Å². The van der Waals surface area contributed by atoms with E-state index in [0.717, 1.165) is 11.4 Å². The zero-order valence-corrected chi connectivity index (χ0v) is 15.6. The number of pyridine rings is 2. The van der Waals surface area contributed by atoms with Gasteiger partial charge in [-0.1, -0.05) is 32.0 Å². The molecular weight excluding hydrogens is 348 g/mol. The molecule has 5 nitrogen and oxygen atoms in total. The molecule has 1 aliphatic carbocycles. The predicted octanol–water partition coefficient (Wildman–Crippen LogP) is 4.37. The zero-order chi connectivity index (χ0) is 19.3. The first-order valence-corrected chi connectivity index (χ1v) is 9.18. The first kappa shape index (κ1) is 16.6. The number of para-hydroxylation sites is 1. The molecular formula is C23H18N4O. The van der Waals surface area contributed by atoms with E-state index >= 15 is 0 Å². The van der Waals surface area contributed by atoms with Crippen molar-refractivity contribution in [3.05, 3.63) is 89.5 Å². The summed E-state index contributed by atoms with van der Waals surface area (Å²) in [5.74, 6) is -0.131. The lowest BCUT2D eigenvalue weighted by Crippen LogP contribution is -2.24. The Hall–Kier alpha value is -3.60. The van der Waals surface area contributed by atoms with Gasteiger partial charge in [0.25, 0.3) is 0 Å². The number of benzene rings is 1. The maximum Gasteiger partial charge on any atom is 0.214 e. The number of allylic oxidation sites excluding steroid dienone is 1. The second-order valence-corrected chi connectivity index (χ2v) is 7.44. The third kappa shape index (κ3) is 2.33. The van der Waals surface area contributed by atoms with Gasteiger partial charge in [-0.25, -0.2) is 0 Å². The number of hydrogen-bond acceptors (Lipinski definition) is 5. The number of hydrogen-bond donors (Lipinski definition) is 1. The van der Waals surface area contributed by atoms with Crippen molar-refractivity contribution >= 4 is 17.2 Å². The number of aliphatic imine (C=N–C) groups is 1. The largest absolute Gasteiger partial charge is 0.357 e. The van der Waals surface area contributed by atoms with Crippen molar-refractivity contribution in [3.8, 4) is 11.4 Å². The third-order valence-corrected chi connectivity index (χ3v) is 5.42. The standard InChI is InChI=1S/C23H18N4O/c1-23(2)16-9-3-4-10-17(16)27-18(23)13-26-21-14-7-5-11-24-19(14)20-15(22(21)28)8-6-12-25-20/h3-13,27H,1-2H3/b18-13+,26-21-. The molecule has 0 spiro atoms. The minimum absolute atomic E-state index is 0.131. The predicted molar refractivity (Wildman–Crippen MR) is 110 cm³/mol. The van der Waals surface area contributed by atoms with Crippen molar-refractivity contribution in [1.29, 1.82) is 0 Å². The van der Waals surface area contributed by atoms with E-state index in [4.69, 9.17) is 0 Å². The second kappa shape index (κ2) is 5.96. The molecule has 0 saturated heterocycles. The van der Waals surface area contributed by atoms with Crippen LogP contribution in [-0.2, 0) is 5.41 Å². The average Bonchev–Trinajstić information content (AvgIpc) is 2.98. The van der Waals surface area contributed by atoms with E-state index < -0.39 is 0 Å². The van der Waals surface area contributed by atoms with Crippen LogP contribution in [0.2, 0.25) is 0 Å². The Morgan fingerprint density at radius 1 is 0.929 bits per heavy atom. The van der Waals surface area contributed by atoms with E-state index in [2.05, 4.69) is 46.3 Å². The normalized spacial score (nSPS) is 19.1. The number of carbonyl (C=O) groups excluding carboxylic acids is 1. The highest BCUT2D eigenvalue weighted by Gasteiger charge is 2.35. The van der Waals surface area contributed by atoms with E-state index in [9.17, 15) is 4.79 Å². The number of carbonyl (C=O) groups is 1. The topological polar surface area (TPSA) is 67.2 Å². The summed E-state index contributed by atoms with van der Waals surface area (Å²) in [6, 6.07) is 15.4. The third-order valence-electron chi connectivity index (χ3n) is 5.42. The number of anilines is 1. The van der Waals surface area contributed by atoms with Crippen molar-refractivity contribution in [1.82, 2.24) is 9.97 Å². The lowest BCUT2D eigenvalue weighted by molar-refractivity contribution is 0.106. The van der Waals surface area contributed by atoms with Crippen LogP contribution in [0.3, 0.4) is 0 Å². The van der Waals surface area contributed by atoms with Crippen molar-refractivity contribution in [2.24, 2.45) is 4.99 Å². The molecule has 0 radical (unpaired) electrons. The molecule has 28 heavy (non-hydrogen) atoms. The molecule has 2 aromatic heterocycles. The molecule has 0 unspecified atom stereocenters. The van der Waals surface area contributed by atoms with Crippen LogP contribution in [0.25, 0.3) is 11.4 Å². The number of fused-ring (bicyclic) bond motifs is 4. The SMILES string of the molecule is CC1(C)/C(=C\N=C2/C(=O)c3cccnc3-c3ncccc32)Nc2ccccc21. The van der Waals surface area contributed by atoms with Crippen molar-refractivity contribution in [2.45, 2.75) is 19.3 Å². The van der Waals surface area contributed by atoms with Crippen LogP contribution in [0, 0.1) is 0 Å². The molecule has 3 aromatic rings. The Morgan fingerprint density at radius 2 is 1.61 bits per heavy atom. The van der Waals surface area contributed by atoms with Gasteiger partial charge in [0.05, 0.1) is 11.3 Å². The fraction of sp³-hybridized carbons (Fsp3) is 0.130. The number of nitrogens with zero attached hydrogens (tertiary/aromatic N) is 3. The number of ketones is 1. The van der Waals surface area contributed by atoms with Gasteiger partial charge in [0.15, 0.2) is 0 Å². The van der Waals surface area contributed by atoms with Crippen LogP contribution >= 0.6 is 0 Å². The molecule has 0 bridgehead atoms.